The maximum atomic E-state index is 14.0. The van der Waals surface area contributed by atoms with Gasteiger partial charge < -0.3 is 88.6 Å². The third kappa shape index (κ3) is 8.45. The minimum atomic E-state index is -2.05. The van der Waals surface area contributed by atoms with Crippen molar-refractivity contribution in [2.45, 2.75) is 61.4 Å². The molecule has 4 aromatic rings. The molecular weight excluding hydrogens is 776 g/mol. The molecule has 0 amide bonds. The van der Waals surface area contributed by atoms with E-state index < -0.39 is 109 Å². The third-order valence-corrected chi connectivity index (χ3v) is 9.37. The van der Waals surface area contributed by atoms with Gasteiger partial charge in [-0.15, -0.1) is 0 Å². The van der Waals surface area contributed by atoms with Crippen LogP contribution in [0.15, 0.2) is 63.8 Å². The number of phenolic OH excluding ortho intramolecular Hbond substituents is 4. The SMILES string of the molecule is COc1cc(C=CC(=O)OC[C@H]2O[C@@H](O[C@H]3[C@H](Oc4c(-c5ccc(O)cc5)oc5cc(O)cc(O)c5c4=O)O[C@H](CO)[C@H](O)[C@@H]3O)[C@H](O)[C@@H](O)[C@@H]2O)cc(OC)c1O. The molecular formula is C38H40O20. The van der Waals surface area contributed by atoms with E-state index in [2.05, 4.69) is 0 Å². The Balaban J connectivity index is 1.26. The standard InChI is InChI=1S/C38H40O20/c1-51-21-9-15(10-22(52-2)27(21)44)3-8-25(43)53-14-24-29(46)31(48)33(50)37(56-24)58-36-32(49)28(45)23(13-39)55-38(36)57-35-30(47)26-19(42)11-18(41)12-20(26)54-34(35)16-4-6-17(40)7-5-16/h3-12,23-24,28-29,31-33,36-42,44-46,48-50H,13-14H2,1-2H3/t23-,24-,28+,29-,31+,32+,33-,36-,37+,38+/m1/s1. The summed E-state index contributed by atoms with van der Waals surface area (Å²) in [5, 5.41) is 104. The smallest absolute Gasteiger partial charge is 0.330 e. The zero-order valence-electron chi connectivity index (χ0n) is 30.5. The Morgan fingerprint density at radius 3 is 2.05 bits per heavy atom. The summed E-state index contributed by atoms with van der Waals surface area (Å²) in [4.78, 5) is 26.6. The molecule has 312 valence electrons. The number of hydrogen-bond donors (Lipinski definition) is 10. The summed E-state index contributed by atoms with van der Waals surface area (Å²) < 4.78 is 44.4. The van der Waals surface area contributed by atoms with E-state index >= 15 is 0 Å². The number of rotatable bonds is 12. The van der Waals surface area contributed by atoms with Gasteiger partial charge in [-0.1, -0.05) is 0 Å². The maximum Gasteiger partial charge on any atom is 0.330 e. The highest BCUT2D eigenvalue weighted by Crippen LogP contribution is 2.39. The van der Waals surface area contributed by atoms with E-state index in [-0.39, 0.29) is 39.9 Å². The largest absolute Gasteiger partial charge is 0.508 e. The highest BCUT2D eigenvalue weighted by atomic mass is 16.8. The second-order valence-electron chi connectivity index (χ2n) is 13.2. The van der Waals surface area contributed by atoms with Crippen LogP contribution in [0.5, 0.6) is 40.2 Å². The van der Waals surface area contributed by atoms with Crippen molar-refractivity contribution in [3.05, 3.63) is 70.4 Å². The van der Waals surface area contributed by atoms with E-state index in [0.29, 0.717) is 5.56 Å². The summed E-state index contributed by atoms with van der Waals surface area (Å²) in [7, 11) is 2.63. The van der Waals surface area contributed by atoms with Gasteiger partial charge in [0.25, 0.3) is 0 Å². The van der Waals surface area contributed by atoms with Gasteiger partial charge in [-0.3, -0.25) is 4.79 Å². The predicted octanol–water partition coefficient (Wildman–Crippen LogP) is -0.433. The molecule has 58 heavy (non-hydrogen) atoms. The molecule has 10 atom stereocenters. The van der Waals surface area contributed by atoms with Gasteiger partial charge in [0.05, 0.1) is 20.8 Å². The summed E-state index contributed by atoms with van der Waals surface area (Å²) in [5.74, 6) is -3.44. The molecule has 2 aliphatic heterocycles. The molecule has 0 aliphatic carbocycles. The fourth-order valence-electron chi connectivity index (χ4n) is 6.30. The fraction of sp³-hybridized carbons (Fsp3) is 0.368. The number of fused-ring (bicyclic) bond motifs is 1. The molecule has 20 nitrogen and oxygen atoms in total. The van der Waals surface area contributed by atoms with Crippen molar-refractivity contribution < 1.29 is 93.4 Å². The van der Waals surface area contributed by atoms with Crippen LogP contribution < -0.4 is 19.6 Å². The average Bonchev–Trinajstić information content (AvgIpc) is 3.20. The summed E-state index contributed by atoms with van der Waals surface area (Å²) in [5.41, 5.74) is -0.821. The zero-order chi connectivity index (χ0) is 42.0. The van der Waals surface area contributed by atoms with Crippen LogP contribution >= 0.6 is 0 Å². The Bertz CT molecular complexity index is 2160. The van der Waals surface area contributed by atoms with E-state index in [1.807, 2.05) is 0 Å². The summed E-state index contributed by atoms with van der Waals surface area (Å²) in [6, 6.07) is 9.91. The van der Waals surface area contributed by atoms with E-state index in [4.69, 9.17) is 37.6 Å². The quantitative estimate of drug-likeness (QED) is 0.0640. The second kappa shape index (κ2) is 17.4. The summed E-state index contributed by atoms with van der Waals surface area (Å²) >= 11 is 0. The van der Waals surface area contributed by atoms with Gasteiger partial charge >= 0.3 is 5.97 Å². The minimum absolute atomic E-state index is 0.0594. The lowest BCUT2D eigenvalue weighted by Gasteiger charge is -2.45. The molecule has 2 fully saturated rings. The van der Waals surface area contributed by atoms with Crippen molar-refractivity contribution >= 4 is 23.0 Å². The van der Waals surface area contributed by atoms with Gasteiger partial charge in [-0.2, -0.15) is 0 Å². The Labute approximate surface area is 327 Å². The number of phenols is 4. The summed E-state index contributed by atoms with van der Waals surface area (Å²) in [6.45, 7) is -1.60. The number of aliphatic hydroxyl groups is 6. The fourth-order valence-corrected chi connectivity index (χ4v) is 6.30. The van der Waals surface area contributed by atoms with Crippen molar-refractivity contribution in [1.29, 1.82) is 0 Å². The predicted molar refractivity (Wildman–Crippen MR) is 194 cm³/mol. The molecule has 20 heteroatoms. The van der Waals surface area contributed by atoms with E-state index in [1.165, 1.54) is 56.7 Å². The van der Waals surface area contributed by atoms with Gasteiger partial charge in [0.2, 0.25) is 23.2 Å². The molecule has 10 N–H and O–H groups in total. The topological polar surface area (TPSA) is 314 Å². The Kier molecular flexibility index (Phi) is 12.6. The lowest BCUT2D eigenvalue weighted by molar-refractivity contribution is -0.358. The number of aromatic hydroxyl groups is 4. The zero-order valence-corrected chi connectivity index (χ0v) is 30.5. The van der Waals surface area contributed by atoms with Gasteiger partial charge in [-0.05, 0) is 48.0 Å². The van der Waals surface area contributed by atoms with Gasteiger partial charge in [0, 0.05) is 23.8 Å². The normalized spacial score (nSPS) is 27.4. The van der Waals surface area contributed by atoms with Crippen molar-refractivity contribution in [2.24, 2.45) is 0 Å². The van der Waals surface area contributed by atoms with Crippen LogP contribution in [-0.2, 0) is 23.7 Å². The number of ether oxygens (including phenoxy) is 7. The molecule has 6 rings (SSSR count). The first-order valence-corrected chi connectivity index (χ1v) is 17.4. The molecule has 2 aliphatic rings. The van der Waals surface area contributed by atoms with Gasteiger partial charge in [0.15, 0.2) is 29.7 Å². The molecule has 3 aromatic carbocycles. The highest BCUT2D eigenvalue weighted by Gasteiger charge is 2.52. The van der Waals surface area contributed by atoms with Gasteiger partial charge in [0.1, 0.15) is 77.6 Å². The Morgan fingerprint density at radius 1 is 0.776 bits per heavy atom. The Hall–Kier alpha value is -5.68. The van der Waals surface area contributed by atoms with Crippen LogP contribution in [-0.4, -0.2) is 146 Å². The van der Waals surface area contributed by atoms with Crippen LogP contribution in [0.4, 0.5) is 0 Å². The van der Waals surface area contributed by atoms with Crippen LogP contribution in [0.2, 0.25) is 0 Å². The minimum Gasteiger partial charge on any atom is -0.508 e. The Morgan fingerprint density at radius 2 is 1.41 bits per heavy atom. The number of carbonyl (C=O) groups is 1. The number of esters is 1. The number of methoxy groups -OCH3 is 2. The van der Waals surface area contributed by atoms with Crippen LogP contribution in [0.1, 0.15) is 5.56 Å². The maximum absolute atomic E-state index is 14.0. The number of hydrogen-bond acceptors (Lipinski definition) is 20. The van der Waals surface area contributed by atoms with Gasteiger partial charge in [-0.25, -0.2) is 4.79 Å². The molecule has 3 heterocycles. The summed E-state index contributed by atoms with van der Waals surface area (Å²) in [6.07, 6.45) is -16.5. The first-order chi connectivity index (χ1) is 27.6. The third-order valence-electron chi connectivity index (χ3n) is 9.37. The highest BCUT2D eigenvalue weighted by molar-refractivity contribution is 5.88. The molecule has 0 saturated carbocycles. The lowest BCUT2D eigenvalue weighted by atomic mass is 9.97. The van der Waals surface area contributed by atoms with Crippen LogP contribution in [0.3, 0.4) is 0 Å². The monoisotopic (exact) mass is 816 g/mol. The number of aliphatic hydroxyl groups excluding tert-OH is 6. The number of benzene rings is 3. The number of carbonyl (C=O) groups excluding carboxylic acids is 1. The van der Waals surface area contributed by atoms with E-state index in [9.17, 15) is 60.7 Å². The van der Waals surface area contributed by atoms with E-state index in [0.717, 1.165) is 18.2 Å². The average molecular weight is 817 g/mol. The molecule has 2 saturated heterocycles. The first kappa shape index (κ1) is 41.9. The van der Waals surface area contributed by atoms with Crippen LogP contribution in [0, 0.1) is 0 Å². The van der Waals surface area contributed by atoms with Crippen molar-refractivity contribution in [1.82, 2.24) is 0 Å². The molecule has 0 unspecified atom stereocenters. The van der Waals surface area contributed by atoms with Crippen molar-refractivity contribution in [3.63, 3.8) is 0 Å². The molecule has 0 spiro atoms. The van der Waals surface area contributed by atoms with Crippen molar-refractivity contribution in [3.8, 4) is 51.6 Å². The lowest BCUT2D eigenvalue weighted by Crippen LogP contribution is -2.65. The molecule has 0 bridgehead atoms. The first-order valence-electron chi connectivity index (χ1n) is 17.4. The van der Waals surface area contributed by atoms with E-state index in [1.54, 1.807) is 0 Å². The van der Waals surface area contributed by atoms with Crippen molar-refractivity contribution in [2.75, 3.05) is 27.4 Å². The van der Waals surface area contributed by atoms with Crippen LogP contribution in [0.25, 0.3) is 28.4 Å². The second-order valence-corrected chi connectivity index (χ2v) is 13.2. The molecule has 0 radical (unpaired) electrons. The molecule has 1 aromatic heterocycles.